The fraction of sp³-hybridized carbons (Fsp3) is 0.400. The minimum atomic E-state index is -0.764. The molecule has 1 N–H and O–H groups in total. The zero-order valence-electron chi connectivity index (χ0n) is 21.0. The van der Waals surface area contributed by atoms with Crippen molar-refractivity contribution in [2.45, 2.75) is 44.7 Å². The van der Waals surface area contributed by atoms with Gasteiger partial charge in [0, 0.05) is 0 Å². The van der Waals surface area contributed by atoms with Gasteiger partial charge in [0.1, 0.15) is 5.60 Å². The van der Waals surface area contributed by atoms with Crippen molar-refractivity contribution >= 4 is 0 Å². The van der Waals surface area contributed by atoms with E-state index in [9.17, 15) is 5.11 Å². The van der Waals surface area contributed by atoms with E-state index in [-0.39, 0.29) is 12.2 Å². The lowest BCUT2D eigenvalue weighted by Crippen LogP contribution is -2.37. The number of rotatable bonds is 15. The summed E-state index contributed by atoms with van der Waals surface area (Å²) in [5, 5.41) is 9.30. The second kappa shape index (κ2) is 14.1. The Hall–Kier alpha value is -2.54. The Morgan fingerprint density at radius 1 is 0.600 bits per heavy atom. The van der Waals surface area contributed by atoms with E-state index in [0.29, 0.717) is 33.0 Å². The van der Waals surface area contributed by atoms with Crippen LogP contribution in [0.25, 0.3) is 0 Å². The van der Waals surface area contributed by atoms with E-state index in [2.05, 4.69) is 36.4 Å². The summed E-state index contributed by atoms with van der Waals surface area (Å²) in [6, 6.07) is 31.0. The first-order valence-electron chi connectivity index (χ1n) is 12.3. The van der Waals surface area contributed by atoms with Crippen molar-refractivity contribution in [1.82, 2.24) is 0 Å². The average Bonchev–Trinajstić information content (AvgIpc) is 2.89. The van der Waals surface area contributed by atoms with Gasteiger partial charge in [-0.15, -0.1) is 0 Å². The van der Waals surface area contributed by atoms with Crippen molar-refractivity contribution in [1.29, 1.82) is 0 Å². The minimum Gasteiger partial charge on any atom is -0.391 e. The van der Waals surface area contributed by atoms with Crippen LogP contribution >= 0.6 is 0 Å². The summed E-state index contributed by atoms with van der Waals surface area (Å²) in [6.07, 6.45) is -0.726. The number of benzene rings is 3. The van der Waals surface area contributed by atoms with Gasteiger partial charge in [0.15, 0.2) is 0 Å². The molecule has 3 atom stereocenters. The summed E-state index contributed by atoms with van der Waals surface area (Å²) >= 11 is 0. The Bertz CT molecular complexity index is 850. The first-order chi connectivity index (χ1) is 17.0. The second-order valence-electron chi connectivity index (χ2n) is 8.85. The molecule has 35 heavy (non-hydrogen) atoms. The van der Waals surface area contributed by atoms with Crippen LogP contribution in [0.5, 0.6) is 0 Å². The molecule has 3 unspecified atom stereocenters. The predicted octanol–water partition coefficient (Wildman–Crippen LogP) is 5.20. The maximum absolute atomic E-state index is 9.30. The molecule has 0 bridgehead atoms. The molecule has 5 heteroatoms. The molecule has 3 aromatic rings. The molecule has 0 aliphatic carbocycles. The topological polar surface area (TPSA) is 57.2 Å². The first-order valence-corrected chi connectivity index (χ1v) is 12.3. The van der Waals surface area contributed by atoms with Crippen LogP contribution in [-0.2, 0) is 24.5 Å². The third-order valence-corrected chi connectivity index (χ3v) is 5.62. The molecule has 0 fully saturated rings. The van der Waals surface area contributed by atoms with Crippen LogP contribution in [0.1, 0.15) is 37.5 Å². The van der Waals surface area contributed by atoms with Gasteiger partial charge in [0.2, 0.25) is 0 Å². The van der Waals surface area contributed by atoms with Gasteiger partial charge in [-0.1, -0.05) is 91.0 Å². The molecule has 5 nitrogen and oxygen atoms in total. The molecule has 0 saturated heterocycles. The molecule has 0 aromatic heterocycles. The fourth-order valence-corrected chi connectivity index (χ4v) is 4.03. The first kappa shape index (κ1) is 27.1. The molecule has 0 amide bonds. The molecule has 3 rings (SSSR count). The third kappa shape index (κ3) is 7.99. The predicted molar refractivity (Wildman–Crippen MR) is 138 cm³/mol. The summed E-state index contributed by atoms with van der Waals surface area (Å²) in [6.45, 7) is 7.80. The van der Waals surface area contributed by atoms with Crippen molar-refractivity contribution in [3.8, 4) is 0 Å². The number of aliphatic hydroxyl groups is 1. The number of ether oxygens (including phenoxy) is 4. The van der Waals surface area contributed by atoms with Crippen LogP contribution in [0.4, 0.5) is 0 Å². The van der Waals surface area contributed by atoms with E-state index in [1.807, 2.05) is 68.4 Å². The van der Waals surface area contributed by atoms with Crippen LogP contribution in [0, 0.1) is 0 Å². The number of hydrogen-bond donors (Lipinski definition) is 1. The smallest absolute Gasteiger partial charge is 0.144 e. The van der Waals surface area contributed by atoms with Gasteiger partial charge in [-0.3, -0.25) is 0 Å². The summed E-state index contributed by atoms with van der Waals surface area (Å²) in [7, 11) is 0. The van der Waals surface area contributed by atoms with Crippen LogP contribution < -0.4 is 0 Å². The van der Waals surface area contributed by atoms with E-state index in [1.165, 1.54) is 0 Å². The zero-order chi connectivity index (χ0) is 24.9. The van der Waals surface area contributed by atoms with Crippen molar-refractivity contribution < 1.29 is 24.1 Å². The standard InChI is InChI=1S/C30H38O5/c1-24(31)21-34-25(2)22-32-19-20-33-23-26(3)35-30(27-13-7-4-8-14-27,28-15-9-5-10-16-28)29-17-11-6-12-18-29/h4-18,24-26,31H,19-23H2,1-3H3. The van der Waals surface area contributed by atoms with Gasteiger partial charge >= 0.3 is 0 Å². The molecule has 188 valence electrons. The quantitative estimate of drug-likeness (QED) is 0.240. The van der Waals surface area contributed by atoms with Gasteiger partial charge in [0.05, 0.1) is 51.3 Å². The summed E-state index contributed by atoms with van der Waals surface area (Å²) in [5.41, 5.74) is 2.44. The lowest BCUT2D eigenvalue weighted by Gasteiger charge is -2.38. The Kier molecular flexibility index (Phi) is 10.9. The third-order valence-electron chi connectivity index (χ3n) is 5.62. The van der Waals surface area contributed by atoms with Gasteiger partial charge in [-0.25, -0.2) is 0 Å². The second-order valence-corrected chi connectivity index (χ2v) is 8.85. The van der Waals surface area contributed by atoms with E-state index < -0.39 is 11.7 Å². The molecule has 0 spiro atoms. The molecule has 0 heterocycles. The highest BCUT2D eigenvalue weighted by Gasteiger charge is 2.38. The lowest BCUT2D eigenvalue weighted by atomic mass is 9.80. The molecule has 0 radical (unpaired) electrons. The number of aliphatic hydroxyl groups excluding tert-OH is 1. The monoisotopic (exact) mass is 478 g/mol. The summed E-state index contributed by atoms with van der Waals surface area (Å²) in [4.78, 5) is 0. The lowest BCUT2D eigenvalue weighted by molar-refractivity contribution is -0.0850. The zero-order valence-corrected chi connectivity index (χ0v) is 21.0. The Balaban J connectivity index is 1.65. The van der Waals surface area contributed by atoms with Gasteiger partial charge < -0.3 is 24.1 Å². The molecule has 0 aliphatic heterocycles. The van der Waals surface area contributed by atoms with Gasteiger partial charge in [-0.05, 0) is 37.5 Å². The maximum Gasteiger partial charge on any atom is 0.144 e. The van der Waals surface area contributed by atoms with E-state index in [1.54, 1.807) is 6.92 Å². The van der Waals surface area contributed by atoms with Gasteiger partial charge in [0.25, 0.3) is 0 Å². The highest BCUT2D eigenvalue weighted by Crippen LogP contribution is 2.41. The Labute approximate surface area is 209 Å². The highest BCUT2D eigenvalue weighted by atomic mass is 16.6. The number of hydrogen-bond acceptors (Lipinski definition) is 5. The fourth-order valence-electron chi connectivity index (χ4n) is 4.03. The van der Waals surface area contributed by atoms with Crippen LogP contribution in [-0.4, -0.2) is 56.5 Å². The van der Waals surface area contributed by atoms with Crippen LogP contribution in [0.15, 0.2) is 91.0 Å². The van der Waals surface area contributed by atoms with Crippen LogP contribution in [0.2, 0.25) is 0 Å². The maximum atomic E-state index is 9.30. The van der Waals surface area contributed by atoms with E-state index >= 15 is 0 Å². The molecule has 0 saturated carbocycles. The van der Waals surface area contributed by atoms with Gasteiger partial charge in [-0.2, -0.15) is 0 Å². The highest BCUT2D eigenvalue weighted by molar-refractivity contribution is 5.47. The van der Waals surface area contributed by atoms with Crippen molar-refractivity contribution in [2.75, 3.05) is 33.0 Å². The van der Waals surface area contributed by atoms with Crippen molar-refractivity contribution in [3.63, 3.8) is 0 Å². The van der Waals surface area contributed by atoms with E-state index in [0.717, 1.165) is 16.7 Å². The molecule has 0 aliphatic rings. The van der Waals surface area contributed by atoms with Crippen LogP contribution in [0.3, 0.4) is 0 Å². The van der Waals surface area contributed by atoms with Crippen molar-refractivity contribution in [3.05, 3.63) is 108 Å². The Morgan fingerprint density at radius 2 is 1.00 bits per heavy atom. The SMILES string of the molecule is CC(O)COC(C)COCCOCC(C)OC(c1ccccc1)(c1ccccc1)c1ccccc1. The molecular formula is C30H38O5. The summed E-state index contributed by atoms with van der Waals surface area (Å²) < 4.78 is 23.9. The largest absolute Gasteiger partial charge is 0.391 e. The normalized spacial score (nSPS) is 14.4. The Morgan fingerprint density at radius 3 is 1.40 bits per heavy atom. The molecule has 3 aromatic carbocycles. The van der Waals surface area contributed by atoms with Crippen molar-refractivity contribution in [2.24, 2.45) is 0 Å². The average molecular weight is 479 g/mol. The van der Waals surface area contributed by atoms with E-state index in [4.69, 9.17) is 18.9 Å². The summed E-state index contributed by atoms with van der Waals surface area (Å²) in [5.74, 6) is 0. The molecular weight excluding hydrogens is 440 g/mol. The minimum absolute atomic E-state index is 0.0740.